The Hall–Kier alpha value is -1.90. The molecule has 0 aliphatic rings. The van der Waals surface area contributed by atoms with Crippen LogP contribution in [0.2, 0.25) is 0 Å². The number of aryl methyl sites for hydroxylation is 1. The minimum absolute atomic E-state index is 0.0627. The summed E-state index contributed by atoms with van der Waals surface area (Å²) in [6.07, 6.45) is 0.376. The summed E-state index contributed by atoms with van der Waals surface area (Å²) in [5.74, 6) is 0.373. The highest BCUT2D eigenvalue weighted by Crippen LogP contribution is 2.24. The molecule has 0 saturated heterocycles. The lowest BCUT2D eigenvalue weighted by Gasteiger charge is -2.19. The van der Waals surface area contributed by atoms with Gasteiger partial charge in [-0.2, -0.15) is 5.10 Å². The van der Waals surface area contributed by atoms with Gasteiger partial charge < -0.3 is 10.8 Å². The highest BCUT2D eigenvalue weighted by molar-refractivity contribution is 7.89. The number of aliphatic hydroxyl groups is 1. The van der Waals surface area contributed by atoms with Crippen molar-refractivity contribution < 1.29 is 13.5 Å². The monoisotopic (exact) mass is 324 g/mol. The highest BCUT2D eigenvalue weighted by atomic mass is 32.2. The Morgan fingerprint density at radius 1 is 1.36 bits per heavy atom. The zero-order valence-electron chi connectivity index (χ0n) is 12.6. The lowest BCUT2D eigenvalue weighted by molar-refractivity contribution is 0.275. The van der Waals surface area contributed by atoms with Crippen LogP contribution in [0.1, 0.15) is 12.1 Å². The van der Waals surface area contributed by atoms with Gasteiger partial charge in [0, 0.05) is 26.3 Å². The number of anilines is 1. The van der Waals surface area contributed by atoms with E-state index in [0.717, 1.165) is 0 Å². The smallest absolute Gasteiger partial charge is 0.244 e. The number of aromatic nitrogens is 2. The Morgan fingerprint density at radius 2 is 2.05 bits per heavy atom. The van der Waals surface area contributed by atoms with Crippen molar-refractivity contribution in [3.63, 3.8) is 0 Å². The van der Waals surface area contributed by atoms with Crippen LogP contribution in [0, 0.1) is 6.92 Å². The summed E-state index contributed by atoms with van der Waals surface area (Å²) >= 11 is 0. The first-order valence-corrected chi connectivity index (χ1v) is 8.30. The van der Waals surface area contributed by atoms with Crippen molar-refractivity contribution in [2.45, 2.75) is 18.2 Å². The second-order valence-electron chi connectivity index (χ2n) is 4.99. The lowest BCUT2D eigenvalue weighted by Crippen LogP contribution is -2.29. The maximum absolute atomic E-state index is 12.7. The van der Waals surface area contributed by atoms with E-state index >= 15 is 0 Å². The van der Waals surface area contributed by atoms with Crippen LogP contribution < -0.4 is 5.73 Å². The van der Waals surface area contributed by atoms with Gasteiger partial charge in [-0.3, -0.25) is 0 Å². The third-order valence-corrected chi connectivity index (χ3v) is 5.18. The van der Waals surface area contributed by atoms with Gasteiger partial charge in [0.15, 0.2) is 0 Å². The Labute approximate surface area is 130 Å². The molecule has 7 nitrogen and oxygen atoms in total. The van der Waals surface area contributed by atoms with Crippen LogP contribution in [0.5, 0.6) is 0 Å². The molecule has 0 aliphatic carbocycles. The number of hydrogen-bond donors (Lipinski definition) is 2. The molecule has 1 aromatic carbocycles. The number of nitrogens with zero attached hydrogens (tertiary/aromatic N) is 3. The first-order chi connectivity index (χ1) is 10.4. The number of hydrogen-bond acceptors (Lipinski definition) is 5. The van der Waals surface area contributed by atoms with Gasteiger partial charge in [-0.1, -0.05) is 12.1 Å². The summed E-state index contributed by atoms with van der Waals surface area (Å²) in [5.41, 5.74) is 7.01. The molecule has 1 aromatic heterocycles. The number of nitrogen functional groups attached to an aromatic ring is 1. The van der Waals surface area contributed by atoms with Crippen LogP contribution in [0.15, 0.2) is 35.2 Å². The summed E-state index contributed by atoms with van der Waals surface area (Å²) in [7, 11) is -2.21. The van der Waals surface area contributed by atoms with E-state index < -0.39 is 10.0 Å². The third kappa shape index (κ3) is 3.13. The first-order valence-electron chi connectivity index (χ1n) is 6.86. The molecular formula is C14H20N4O3S. The molecule has 2 aromatic rings. The van der Waals surface area contributed by atoms with E-state index in [0.29, 0.717) is 23.6 Å². The Morgan fingerprint density at radius 3 is 2.64 bits per heavy atom. The predicted molar refractivity (Wildman–Crippen MR) is 84.2 cm³/mol. The van der Waals surface area contributed by atoms with Crippen LogP contribution >= 0.6 is 0 Å². The van der Waals surface area contributed by atoms with E-state index in [9.17, 15) is 8.42 Å². The standard InChI is InChI=1S/C14H20N4O3S/c1-11-10-14(15)18(16-11)12-6-3-4-7-13(12)22(20,21)17(2)8-5-9-19/h3-4,6-7,10,19H,5,8-9,15H2,1-2H3. The summed E-state index contributed by atoms with van der Waals surface area (Å²) in [4.78, 5) is 0.130. The van der Waals surface area contributed by atoms with E-state index in [1.165, 1.54) is 22.1 Å². The average Bonchev–Trinajstić information content (AvgIpc) is 2.83. The van der Waals surface area contributed by atoms with Crippen molar-refractivity contribution in [2.75, 3.05) is 25.9 Å². The second kappa shape index (κ2) is 6.47. The molecule has 0 amide bonds. The van der Waals surface area contributed by atoms with Gasteiger partial charge in [0.05, 0.1) is 11.4 Å². The fourth-order valence-corrected chi connectivity index (χ4v) is 3.52. The zero-order chi connectivity index (χ0) is 16.3. The third-order valence-electron chi connectivity index (χ3n) is 3.27. The zero-order valence-corrected chi connectivity index (χ0v) is 13.4. The molecule has 0 saturated carbocycles. The van der Waals surface area contributed by atoms with Crippen molar-refractivity contribution in [1.82, 2.24) is 14.1 Å². The van der Waals surface area contributed by atoms with E-state index in [4.69, 9.17) is 10.8 Å². The van der Waals surface area contributed by atoms with Gasteiger partial charge in [0.1, 0.15) is 10.7 Å². The second-order valence-corrected chi connectivity index (χ2v) is 7.01. The molecule has 0 radical (unpaired) electrons. The molecule has 2 rings (SSSR count). The van der Waals surface area contributed by atoms with E-state index in [-0.39, 0.29) is 18.0 Å². The van der Waals surface area contributed by atoms with Crippen LogP contribution in [-0.4, -0.2) is 47.8 Å². The molecule has 0 atom stereocenters. The number of sulfonamides is 1. The summed E-state index contributed by atoms with van der Waals surface area (Å²) in [6.45, 7) is 1.96. The molecule has 0 bridgehead atoms. The molecule has 120 valence electrons. The van der Waals surface area contributed by atoms with Gasteiger partial charge >= 0.3 is 0 Å². The Balaban J connectivity index is 2.51. The molecule has 0 spiro atoms. The van der Waals surface area contributed by atoms with Crippen molar-refractivity contribution in [2.24, 2.45) is 0 Å². The number of para-hydroxylation sites is 1. The topological polar surface area (TPSA) is 101 Å². The molecule has 8 heteroatoms. The number of benzene rings is 1. The van der Waals surface area contributed by atoms with Crippen molar-refractivity contribution >= 4 is 15.8 Å². The van der Waals surface area contributed by atoms with E-state index in [1.807, 2.05) is 0 Å². The normalized spacial score (nSPS) is 12.0. The van der Waals surface area contributed by atoms with Gasteiger partial charge in [-0.15, -0.1) is 0 Å². The summed E-state index contributed by atoms with van der Waals surface area (Å²) in [6, 6.07) is 8.26. The molecule has 0 aliphatic heterocycles. The van der Waals surface area contributed by atoms with Gasteiger partial charge in [-0.25, -0.2) is 17.4 Å². The maximum atomic E-state index is 12.7. The van der Waals surface area contributed by atoms with Crippen molar-refractivity contribution in [1.29, 1.82) is 0 Å². The minimum Gasteiger partial charge on any atom is -0.396 e. The lowest BCUT2D eigenvalue weighted by atomic mass is 10.3. The molecule has 0 unspecified atom stereocenters. The quantitative estimate of drug-likeness (QED) is 0.817. The Kier molecular flexibility index (Phi) is 4.84. The van der Waals surface area contributed by atoms with Crippen molar-refractivity contribution in [3.8, 4) is 5.69 Å². The molecule has 1 heterocycles. The molecule has 3 N–H and O–H groups in total. The number of aliphatic hydroxyl groups excluding tert-OH is 1. The minimum atomic E-state index is -3.69. The van der Waals surface area contributed by atoms with Crippen molar-refractivity contribution in [3.05, 3.63) is 36.0 Å². The molecular weight excluding hydrogens is 304 g/mol. The maximum Gasteiger partial charge on any atom is 0.244 e. The van der Waals surface area contributed by atoms with Gasteiger partial charge in [-0.05, 0) is 25.5 Å². The predicted octanol–water partition coefficient (Wildman–Crippen LogP) is 0.766. The fraction of sp³-hybridized carbons (Fsp3) is 0.357. The van der Waals surface area contributed by atoms with Crippen LogP contribution in [0.25, 0.3) is 5.69 Å². The van der Waals surface area contributed by atoms with E-state index in [2.05, 4.69) is 5.10 Å². The number of nitrogens with two attached hydrogens (primary N) is 1. The largest absolute Gasteiger partial charge is 0.396 e. The molecule has 0 fully saturated rings. The summed E-state index contributed by atoms with van der Waals surface area (Å²) < 4.78 is 28.1. The average molecular weight is 324 g/mol. The Bertz CT molecular complexity index is 755. The van der Waals surface area contributed by atoms with Gasteiger partial charge in [0.2, 0.25) is 10.0 Å². The van der Waals surface area contributed by atoms with E-state index in [1.54, 1.807) is 31.2 Å². The SMILES string of the molecule is Cc1cc(N)n(-c2ccccc2S(=O)(=O)N(C)CCCO)n1. The van der Waals surface area contributed by atoms with Gasteiger partial charge in [0.25, 0.3) is 0 Å². The highest BCUT2D eigenvalue weighted by Gasteiger charge is 2.25. The fourth-order valence-electron chi connectivity index (χ4n) is 2.14. The van der Waals surface area contributed by atoms with Crippen LogP contribution in [0.4, 0.5) is 5.82 Å². The number of rotatable bonds is 6. The van der Waals surface area contributed by atoms with Crippen LogP contribution in [-0.2, 0) is 10.0 Å². The summed E-state index contributed by atoms with van der Waals surface area (Å²) in [5, 5.41) is 13.1. The molecule has 22 heavy (non-hydrogen) atoms. The first kappa shape index (κ1) is 16.5. The van der Waals surface area contributed by atoms with Crippen LogP contribution in [0.3, 0.4) is 0 Å².